The fourth-order valence-corrected chi connectivity index (χ4v) is 0.333. The smallest absolute Gasteiger partial charge is 1.00 e. The largest absolute Gasteiger partial charge is 1.00 e. The van der Waals surface area contributed by atoms with Crippen LogP contribution in [0.4, 0.5) is 39.5 Å². The van der Waals surface area contributed by atoms with Crippen molar-refractivity contribution < 1.29 is 323 Å². The Morgan fingerprint density at radius 2 is 0.756 bits per heavy atom. The summed E-state index contributed by atoms with van der Waals surface area (Å²) in [5.74, 6) is 6.88. The van der Waals surface area contributed by atoms with Crippen LogP contribution in [0.25, 0.3) is 0 Å². The van der Waals surface area contributed by atoms with Gasteiger partial charge in [-0.1, -0.05) is 192 Å². The van der Waals surface area contributed by atoms with Crippen molar-refractivity contribution in [3.63, 3.8) is 0 Å². The second-order valence-electron chi connectivity index (χ2n) is 12.3. The van der Waals surface area contributed by atoms with Gasteiger partial charge >= 0.3 is 250 Å². The number of carbonyl (C=O) groups excluding carboxylic acids is 3. The molecule has 0 saturated carbocycles. The van der Waals surface area contributed by atoms with E-state index in [4.69, 9.17) is 31.5 Å². The number of aliphatic hydroxyl groups is 2. The first-order valence-electron chi connectivity index (χ1n) is 26.8. The molecule has 0 rings (SSSR count). The zero-order chi connectivity index (χ0) is 71.3. The molecule has 524 valence electrons. The van der Waals surface area contributed by atoms with Gasteiger partial charge in [-0.2, -0.15) is 32.8 Å². The van der Waals surface area contributed by atoms with Crippen molar-refractivity contribution in [2.75, 3.05) is 25.7 Å². The van der Waals surface area contributed by atoms with Gasteiger partial charge in [-0.15, -0.1) is 53.2 Å². The van der Waals surface area contributed by atoms with Crippen molar-refractivity contribution in [1.82, 2.24) is 0 Å². The first-order chi connectivity index (χ1) is 37.5. The van der Waals surface area contributed by atoms with Crippen LogP contribution >= 0.6 is 32.9 Å². The summed E-state index contributed by atoms with van der Waals surface area (Å²) in [6.45, 7) is 60.4. The number of methoxy groups -OCH3 is 1. The molecule has 90 heavy (non-hydrogen) atoms. The van der Waals surface area contributed by atoms with E-state index in [0.29, 0.717) is 13.3 Å². The van der Waals surface area contributed by atoms with Crippen molar-refractivity contribution in [3.05, 3.63) is 54.8 Å². The standard InChI is InChI=1S/C6H12.C5H8O.C4H6F2.C4H9O.C4H10.C4H9.C4H6.C3H3F3.C3H8O.C3H6O.C3H4.C2H5Br.C2F4.C2H6O.C2H4O.5C2H6.CH2O3.B.BrH.3K.Li.2Na.H2O.H/c1-3-5-6-4-2;1-4-5(2,3)6;1-3(5)4(2)6;1-4(2,3)5;3*1-3-4-2;1-2(4)3(5)6;1-3-4-2;1-2-3-4;1-3-2;1-2-3;3-1(4)2(5)6;2*1-2-3;5*1-2;2-1-4-3;;;;;;;;;;/h5-6H,3-4H2,1-2H3;1,6H,2-3H3;1-2H3;1-3H3;3-4H2,1-2H3;1,3-4H2,2H3;1-2H3;1H3;3H2,1-2H3;3H,2H2,1H3;1H,2H3;2H2,1H3;;3H,2H2,1H3;2H,1H3;5*1-2H3;1,3H;;1H;;;;;;;1H2;/q;;;-1;;-1;;;;;;;;;;;;;;;;-1;;6*+1;;-1/p-2/b6-5-;;4-3+;;;;;;;;;;;;;;;;;;;;;;;;;;;;. The Morgan fingerprint density at radius 1 is 0.622 bits per heavy atom. The van der Waals surface area contributed by atoms with Crippen molar-refractivity contribution >= 4 is 60.4 Å². The SMILES string of the molecule is Br.C#CC.C#CC(C)(C)O.C/C(F)=C(/C)F.CC.CC.CC.CC.CC.CC#CC.CC(C)(C)[O-].CC(F)=C(F)F.CC/C=C\CC.CC=O.CCBr.CCC=O.CCCC.CCO.CCOC.FC(F)=C(F)F.O=CO[O-].[B-].[CH2-]CCC.[H-].[K+].[K+].[K+].[Li+].[Na+].[Na+].[OH-]. The quantitative estimate of drug-likeness (QED) is 0.0443. The number of hydrogen-bond acceptors (Lipinski definition) is 10. The molecule has 0 aromatic heterocycles. The third kappa shape index (κ3) is 968. The minimum absolute atomic E-state index is 0. The molecule has 0 aliphatic heterocycles. The Bertz CT molecular complexity index is 1120. The van der Waals surface area contributed by atoms with Gasteiger partial charge in [0, 0.05) is 32.1 Å². The number of carbonyl (C=O) groups is 3. The van der Waals surface area contributed by atoms with E-state index in [2.05, 4.69) is 109 Å². The Balaban J connectivity index is -0.0000000144. The molecule has 3 N–H and O–H groups in total. The number of halogens is 11. The zero-order valence-electron chi connectivity index (χ0n) is 65.8. The van der Waals surface area contributed by atoms with Gasteiger partial charge in [0.15, 0.2) is 5.83 Å². The molecule has 0 amide bonds. The molecule has 0 unspecified atom stereocenters. The van der Waals surface area contributed by atoms with E-state index in [1.807, 2.05) is 104 Å². The number of rotatable bonds is 7. The third-order valence-corrected chi connectivity index (χ3v) is 3.47. The van der Waals surface area contributed by atoms with Crippen LogP contribution in [0.1, 0.15) is 261 Å². The molecule has 4 radical (unpaired) electrons. The summed E-state index contributed by atoms with van der Waals surface area (Å²) in [5, 5.41) is 35.8. The second-order valence-corrected chi connectivity index (χ2v) is 13.4. The van der Waals surface area contributed by atoms with Gasteiger partial charge in [-0.25, -0.2) is 13.2 Å². The van der Waals surface area contributed by atoms with E-state index >= 15 is 0 Å². The van der Waals surface area contributed by atoms with Gasteiger partial charge in [0.05, 0.1) is 0 Å². The molecule has 0 spiro atoms. The maximum Gasteiger partial charge on any atom is 1.00 e. The van der Waals surface area contributed by atoms with Crippen molar-refractivity contribution in [3.8, 4) is 36.5 Å². The zero-order valence-corrected chi connectivity index (χ0v) is 81.5. The molecule has 0 heterocycles. The summed E-state index contributed by atoms with van der Waals surface area (Å²) in [4.78, 5) is 29.2. The molecule has 0 atom stereocenters. The summed E-state index contributed by atoms with van der Waals surface area (Å²) in [5.41, 5.74) is -1.68. The first kappa shape index (κ1) is 199. The average molecular weight is 1550 g/mol. The van der Waals surface area contributed by atoms with Crippen LogP contribution in [0.3, 0.4) is 0 Å². The van der Waals surface area contributed by atoms with E-state index in [1.54, 1.807) is 55.6 Å². The van der Waals surface area contributed by atoms with Gasteiger partial charge in [0.25, 0.3) is 6.47 Å². The molecule has 0 aromatic rings. The molecule has 0 aliphatic rings. The van der Waals surface area contributed by atoms with Gasteiger partial charge in [0.2, 0.25) is 0 Å². The van der Waals surface area contributed by atoms with Crippen molar-refractivity contribution in [2.24, 2.45) is 0 Å². The Labute approximate surface area is 758 Å². The van der Waals surface area contributed by atoms with E-state index in [0.717, 1.165) is 44.8 Å². The molecule has 0 aliphatic carbocycles. The molecule has 0 aromatic carbocycles. The number of hydrogen-bond donors (Lipinski definition) is 2. The summed E-state index contributed by atoms with van der Waals surface area (Å²) in [6.07, 6.45) is 15.2. The van der Waals surface area contributed by atoms with Crippen LogP contribution in [0.5, 0.6) is 0 Å². The Hall–Kier alpha value is 4.11. The molecular formula is C62H130BBr2F9K3LiNa2O10. The maximum absolute atomic E-state index is 11.3. The van der Waals surface area contributed by atoms with Crippen LogP contribution in [-0.2, 0) is 24.0 Å². The van der Waals surface area contributed by atoms with Gasteiger partial charge < -0.3 is 62.0 Å². The Morgan fingerprint density at radius 3 is 0.767 bits per heavy atom. The molecule has 28 heteroatoms. The second kappa shape index (κ2) is 260. The number of aldehydes is 2. The van der Waals surface area contributed by atoms with Crippen LogP contribution in [-0.4, -0.2) is 80.0 Å². The topological polar surface area (TPSA) is 186 Å². The minimum atomic E-state index is -2.91. The number of ether oxygens (including phenoxy) is 1. The van der Waals surface area contributed by atoms with Crippen LogP contribution in [0, 0.1) is 43.5 Å². The number of terminal acetylenes is 2. The number of unbranched alkanes of at least 4 members (excludes halogenated alkanes) is 2. The third-order valence-electron chi connectivity index (χ3n) is 3.47. The minimum Gasteiger partial charge on any atom is -1.00 e. The fourth-order valence-electron chi connectivity index (χ4n) is 0.333. The van der Waals surface area contributed by atoms with Crippen molar-refractivity contribution in [1.29, 1.82) is 0 Å². The van der Waals surface area contributed by atoms with Gasteiger partial charge in [-0.05, 0) is 89.0 Å². The average Bonchev–Trinajstić information content (AvgIpc) is 3.44. The number of aliphatic hydroxyl groups excluding tert-OH is 1. The van der Waals surface area contributed by atoms with Crippen LogP contribution in [0.15, 0.2) is 47.9 Å². The fraction of sp³-hybridized carbons (Fsp3) is 0.710. The van der Waals surface area contributed by atoms with Crippen molar-refractivity contribution in [2.45, 2.75) is 271 Å². The van der Waals surface area contributed by atoms with Crippen LogP contribution < -0.4 is 242 Å². The summed E-state index contributed by atoms with van der Waals surface area (Å²) < 4.78 is 101. The summed E-state index contributed by atoms with van der Waals surface area (Å²) >= 11 is 3.15. The molecule has 0 saturated heterocycles. The van der Waals surface area contributed by atoms with Gasteiger partial charge in [-0.3, -0.25) is 4.79 Å². The normalized spacial score (nSPS) is 6.68. The number of allylic oxidation sites excluding steroid dienone is 5. The molecule has 0 fully saturated rings. The first-order valence-corrected chi connectivity index (χ1v) is 28.0. The predicted molar refractivity (Wildman–Crippen MR) is 358 cm³/mol. The Kier molecular flexibility index (Phi) is 574. The monoisotopic (exact) mass is 1540 g/mol. The van der Waals surface area contributed by atoms with Crippen LogP contribution in [0.2, 0.25) is 0 Å². The molecular weight excluding hydrogens is 1420 g/mol. The molecule has 10 nitrogen and oxygen atoms in total. The van der Waals surface area contributed by atoms with E-state index in [9.17, 15) is 49.4 Å². The van der Waals surface area contributed by atoms with E-state index < -0.39 is 46.9 Å². The van der Waals surface area contributed by atoms with E-state index in [-0.39, 0.29) is 278 Å². The number of alkyl halides is 1. The predicted octanol–water partition coefficient (Wildman–Crippen LogP) is 2.82. The summed E-state index contributed by atoms with van der Waals surface area (Å²) in [7, 11) is 1.68. The maximum atomic E-state index is 11.3. The summed E-state index contributed by atoms with van der Waals surface area (Å²) in [6, 6.07) is 0. The van der Waals surface area contributed by atoms with E-state index in [1.165, 1.54) is 39.0 Å². The van der Waals surface area contributed by atoms with Gasteiger partial charge in [0.1, 0.15) is 29.8 Å². The molecule has 0 bridgehead atoms.